The maximum Gasteiger partial charge on any atom is 0.348 e. The van der Waals surface area contributed by atoms with Crippen LogP contribution in [0.25, 0.3) is 0 Å². The minimum absolute atomic E-state index is 0.0518. The van der Waals surface area contributed by atoms with Crippen LogP contribution in [-0.2, 0) is 14.3 Å². The average Bonchev–Trinajstić information content (AvgIpc) is 3.45. The Morgan fingerprint density at radius 1 is 1.15 bits per heavy atom. The standard InChI is InChI=1S/C27H37NO5S/c1-5-6-7-8-9-22(29)19-10-12-20(13-11-19)28-21(14-17-25(28)30)26(32-4)23-15-16-24(34-23)27(31)33-18(2)3/h10-13,15-16,18,21-22,26,29H,5-9,14,17H2,1-4H3/t21-,22?,26?/m0/s1. The van der Waals surface area contributed by atoms with Gasteiger partial charge in [-0.1, -0.05) is 44.7 Å². The van der Waals surface area contributed by atoms with Gasteiger partial charge in [-0.05, 0) is 56.5 Å². The second-order valence-electron chi connectivity index (χ2n) is 9.14. The maximum absolute atomic E-state index is 12.8. The Kier molecular flexibility index (Phi) is 9.68. The fraction of sp³-hybridized carbons (Fsp3) is 0.556. The number of esters is 1. The number of nitrogens with zero attached hydrogens (tertiary/aromatic N) is 1. The maximum atomic E-state index is 12.8. The van der Waals surface area contributed by atoms with E-state index >= 15 is 0 Å². The largest absolute Gasteiger partial charge is 0.459 e. The predicted molar refractivity (Wildman–Crippen MR) is 135 cm³/mol. The van der Waals surface area contributed by atoms with Gasteiger partial charge in [0.05, 0.1) is 18.2 Å². The quantitative estimate of drug-likeness (QED) is 0.285. The Morgan fingerprint density at radius 3 is 2.53 bits per heavy atom. The predicted octanol–water partition coefficient (Wildman–Crippen LogP) is 6.20. The van der Waals surface area contributed by atoms with Crippen molar-refractivity contribution in [2.75, 3.05) is 12.0 Å². The number of carbonyl (C=O) groups excluding carboxylic acids is 2. The number of methoxy groups -OCH3 is 1. The smallest absolute Gasteiger partial charge is 0.348 e. The van der Waals surface area contributed by atoms with Crippen molar-refractivity contribution in [1.29, 1.82) is 0 Å². The summed E-state index contributed by atoms with van der Waals surface area (Å²) in [7, 11) is 1.63. The molecule has 1 aromatic heterocycles. The SMILES string of the molecule is CCCCCCC(O)c1ccc(N2C(=O)CC[C@H]2C(OC)c2ccc(C(=O)OC(C)C)s2)cc1. The highest BCUT2D eigenvalue weighted by molar-refractivity contribution is 7.14. The molecule has 0 saturated carbocycles. The van der Waals surface area contributed by atoms with E-state index < -0.39 is 6.10 Å². The first-order valence-electron chi connectivity index (χ1n) is 12.3. The zero-order chi connectivity index (χ0) is 24.7. The van der Waals surface area contributed by atoms with E-state index in [1.54, 1.807) is 18.1 Å². The van der Waals surface area contributed by atoms with Crippen LogP contribution in [-0.4, -0.2) is 36.2 Å². The van der Waals surface area contributed by atoms with E-state index in [-0.39, 0.29) is 30.1 Å². The number of benzene rings is 1. The monoisotopic (exact) mass is 487 g/mol. The molecule has 7 heteroatoms. The summed E-state index contributed by atoms with van der Waals surface area (Å²) in [4.78, 5) is 28.4. The summed E-state index contributed by atoms with van der Waals surface area (Å²) in [5.41, 5.74) is 1.67. The van der Waals surface area contributed by atoms with Crippen LogP contribution in [0.3, 0.4) is 0 Å². The lowest BCUT2D eigenvalue weighted by Crippen LogP contribution is -2.37. The highest BCUT2D eigenvalue weighted by Crippen LogP contribution is 2.39. The highest BCUT2D eigenvalue weighted by atomic mass is 32.1. The summed E-state index contributed by atoms with van der Waals surface area (Å²) in [6.45, 7) is 5.82. The van der Waals surface area contributed by atoms with Crippen LogP contribution in [0.2, 0.25) is 0 Å². The molecule has 1 amide bonds. The minimum atomic E-state index is -0.488. The van der Waals surface area contributed by atoms with Crippen molar-refractivity contribution in [3.63, 3.8) is 0 Å². The molecule has 2 aromatic rings. The summed E-state index contributed by atoms with van der Waals surface area (Å²) in [5, 5.41) is 10.5. The number of thiophene rings is 1. The molecular formula is C27H37NO5S. The summed E-state index contributed by atoms with van der Waals surface area (Å²) in [5.74, 6) is -0.291. The zero-order valence-electron chi connectivity index (χ0n) is 20.7. The number of aliphatic hydroxyl groups is 1. The van der Waals surface area contributed by atoms with Gasteiger partial charge >= 0.3 is 5.97 Å². The second kappa shape index (κ2) is 12.5. The van der Waals surface area contributed by atoms with E-state index in [0.29, 0.717) is 17.7 Å². The molecule has 1 aromatic carbocycles. The van der Waals surface area contributed by atoms with Crippen molar-refractivity contribution >= 4 is 28.9 Å². The van der Waals surface area contributed by atoms with E-state index in [1.165, 1.54) is 24.2 Å². The minimum Gasteiger partial charge on any atom is -0.459 e. The van der Waals surface area contributed by atoms with Gasteiger partial charge in [0.2, 0.25) is 5.91 Å². The summed E-state index contributed by atoms with van der Waals surface area (Å²) in [6, 6.07) is 11.1. The van der Waals surface area contributed by atoms with Gasteiger partial charge in [0.25, 0.3) is 0 Å². The van der Waals surface area contributed by atoms with Gasteiger partial charge in [-0.25, -0.2) is 4.79 Å². The molecule has 0 aliphatic carbocycles. The Labute approximate surface area is 206 Å². The molecule has 0 bridgehead atoms. The van der Waals surface area contributed by atoms with Crippen molar-refractivity contribution in [2.45, 2.75) is 90.1 Å². The van der Waals surface area contributed by atoms with Crippen molar-refractivity contribution in [2.24, 2.45) is 0 Å². The highest BCUT2D eigenvalue weighted by Gasteiger charge is 2.39. The molecule has 1 aliphatic rings. The molecule has 3 atom stereocenters. The number of aliphatic hydroxyl groups excluding tert-OH is 1. The van der Waals surface area contributed by atoms with Crippen LogP contribution in [0.5, 0.6) is 0 Å². The van der Waals surface area contributed by atoms with Crippen LogP contribution < -0.4 is 4.90 Å². The topological polar surface area (TPSA) is 76.1 Å². The molecule has 6 nitrogen and oxygen atoms in total. The molecule has 34 heavy (non-hydrogen) atoms. The Balaban J connectivity index is 1.73. The van der Waals surface area contributed by atoms with E-state index in [9.17, 15) is 14.7 Å². The number of hydrogen-bond donors (Lipinski definition) is 1. The van der Waals surface area contributed by atoms with E-state index in [2.05, 4.69) is 6.92 Å². The zero-order valence-corrected chi connectivity index (χ0v) is 21.5. The van der Waals surface area contributed by atoms with Crippen molar-refractivity contribution in [1.82, 2.24) is 0 Å². The van der Waals surface area contributed by atoms with Gasteiger partial charge in [-0.3, -0.25) is 4.79 Å². The fourth-order valence-electron chi connectivity index (χ4n) is 4.47. The molecule has 3 rings (SSSR count). The molecule has 1 N–H and O–H groups in total. The molecule has 1 fully saturated rings. The summed E-state index contributed by atoms with van der Waals surface area (Å²) < 4.78 is 11.2. The third-order valence-electron chi connectivity index (χ3n) is 6.20. The molecule has 1 aliphatic heterocycles. The third-order valence-corrected chi connectivity index (χ3v) is 7.32. The lowest BCUT2D eigenvalue weighted by atomic mass is 10.0. The normalized spacial score (nSPS) is 17.9. The Bertz CT molecular complexity index is 939. The second-order valence-corrected chi connectivity index (χ2v) is 10.3. The van der Waals surface area contributed by atoms with Crippen LogP contribution >= 0.6 is 11.3 Å². The number of unbranched alkanes of at least 4 members (excludes halogenated alkanes) is 3. The molecule has 186 valence electrons. The van der Waals surface area contributed by atoms with E-state index in [4.69, 9.17) is 9.47 Å². The number of amides is 1. The van der Waals surface area contributed by atoms with Crippen molar-refractivity contribution < 1.29 is 24.2 Å². The molecule has 2 unspecified atom stereocenters. The first kappa shape index (κ1) is 26.4. The van der Waals surface area contributed by atoms with Crippen LogP contribution in [0.1, 0.15) is 98.0 Å². The molecular weight excluding hydrogens is 450 g/mol. The first-order valence-corrected chi connectivity index (χ1v) is 13.1. The lowest BCUT2D eigenvalue weighted by Gasteiger charge is -2.30. The number of rotatable bonds is 12. The number of carbonyl (C=O) groups is 2. The van der Waals surface area contributed by atoms with Crippen LogP contribution in [0.15, 0.2) is 36.4 Å². The Hall–Kier alpha value is -2.22. The van der Waals surface area contributed by atoms with Gasteiger partial charge in [-0.2, -0.15) is 0 Å². The number of ether oxygens (including phenoxy) is 2. The summed E-state index contributed by atoms with van der Waals surface area (Å²) >= 11 is 1.35. The van der Waals surface area contributed by atoms with Crippen LogP contribution in [0, 0.1) is 0 Å². The fourth-order valence-corrected chi connectivity index (χ4v) is 5.49. The number of anilines is 1. The van der Waals surface area contributed by atoms with Crippen molar-refractivity contribution in [3.05, 3.63) is 51.7 Å². The Morgan fingerprint density at radius 2 is 1.88 bits per heavy atom. The van der Waals surface area contributed by atoms with Crippen LogP contribution in [0.4, 0.5) is 5.69 Å². The van der Waals surface area contributed by atoms with Gasteiger partial charge in [-0.15, -0.1) is 11.3 Å². The molecule has 1 saturated heterocycles. The average molecular weight is 488 g/mol. The van der Waals surface area contributed by atoms with Gasteiger partial charge in [0.1, 0.15) is 11.0 Å². The van der Waals surface area contributed by atoms with E-state index in [1.807, 2.05) is 44.2 Å². The molecule has 0 radical (unpaired) electrons. The van der Waals surface area contributed by atoms with Gasteiger partial charge < -0.3 is 19.5 Å². The summed E-state index contributed by atoms with van der Waals surface area (Å²) in [6.07, 6.45) is 5.35. The molecule has 0 spiro atoms. The molecule has 2 heterocycles. The van der Waals surface area contributed by atoms with E-state index in [0.717, 1.165) is 35.4 Å². The van der Waals surface area contributed by atoms with Gasteiger partial charge in [0, 0.05) is 24.1 Å². The first-order chi connectivity index (χ1) is 16.3. The number of hydrogen-bond acceptors (Lipinski definition) is 6. The van der Waals surface area contributed by atoms with Crippen molar-refractivity contribution in [3.8, 4) is 0 Å². The third kappa shape index (κ3) is 6.46. The van der Waals surface area contributed by atoms with Gasteiger partial charge in [0.15, 0.2) is 0 Å². The lowest BCUT2D eigenvalue weighted by molar-refractivity contribution is -0.117.